The molecular weight excluding hydrogens is 174 g/mol. The maximum atomic E-state index is 10.2. The number of aliphatic hydroxyl groups is 1. The van der Waals surface area contributed by atoms with Crippen LogP contribution < -0.4 is 5.32 Å². The first-order valence-corrected chi connectivity index (χ1v) is 6.29. The topological polar surface area (TPSA) is 32.3 Å². The van der Waals surface area contributed by atoms with Crippen LogP contribution in [-0.4, -0.2) is 23.8 Å². The molecule has 2 rings (SSSR count). The van der Waals surface area contributed by atoms with Crippen LogP contribution in [0.3, 0.4) is 0 Å². The standard InChI is InChI=1S/C12H23NO/c14-12(10-6-2-1-3-7-10)11-8-4-5-9-13-11/h10-14H,1-9H2/t11-,12-/m1/s1. The molecule has 82 valence electrons. The third-order valence-electron chi connectivity index (χ3n) is 3.89. The van der Waals surface area contributed by atoms with Crippen molar-refractivity contribution in [3.05, 3.63) is 0 Å². The summed E-state index contributed by atoms with van der Waals surface area (Å²) in [7, 11) is 0. The first kappa shape index (κ1) is 10.4. The number of aliphatic hydroxyl groups excluding tert-OH is 1. The summed E-state index contributed by atoms with van der Waals surface area (Å²) in [5, 5.41) is 13.7. The average molecular weight is 197 g/mol. The number of hydrogen-bond donors (Lipinski definition) is 2. The summed E-state index contributed by atoms with van der Waals surface area (Å²) < 4.78 is 0. The molecule has 1 aliphatic carbocycles. The summed E-state index contributed by atoms with van der Waals surface area (Å²) in [6.45, 7) is 1.11. The van der Waals surface area contributed by atoms with Crippen LogP contribution in [0.2, 0.25) is 0 Å². The molecule has 2 nitrogen and oxygen atoms in total. The van der Waals surface area contributed by atoms with E-state index >= 15 is 0 Å². The molecule has 1 saturated carbocycles. The molecule has 0 radical (unpaired) electrons. The van der Waals surface area contributed by atoms with Gasteiger partial charge in [-0.15, -0.1) is 0 Å². The zero-order valence-electron chi connectivity index (χ0n) is 9.04. The molecule has 0 bridgehead atoms. The van der Waals surface area contributed by atoms with E-state index in [1.165, 1.54) is 51.4 Å². The van der Waals surface area contributed by atoms with Crippen LogP contribution in [0.15, 0.2) is 0 Å². The molecule has 0 aromatic carbocycles. The fourth-order valence-corrected chi connectivity index (χ4v) is 2.97. The Morgan fingerprint density at radius 3 is 2.29 bits per heavy atom. The predicted octanol–water partition coefficient (Wildman–Crippen LogP) is 2.07. The highest BCUT2D eigenvalue weighted by Gasteiger charge is 2.29. The monoisotopic (exact) mass is 197 g/mol. The Balaban J connectivity index is 1.82. The molecule has 1 heterocycles. The Morgan fingerprint density at radius 2 is 1.64 bits per heavy atom. The maximum Gasteiger partial charge on any atom is 0.0721 e. The van der Waals surface area contributed by atoms with Crippen LogP contribution in [-0.2, 0) is 0 Å². The van der Waals surface area contributed by atoms with Crippen LogP contribution in [0.4, 0.5) is 0 Å². The number of piperidine rings is 1. The van der Waals surface area contributed by atoms with Crippen molar-refractivity contribution in [1.29, 1.82) is 0 Å². The first-order chi connectivity index (χ1) is 6.88. The van der Waals surface area contributed by atoms with Gasteiger partial charge in [0, 0.05) is 6.04 Å². The van der Waals surface area contributed by atoms with Crippen molar-refractivity contribution in [3.8, 4) is 0 Å². The number of hydrogen-bond acceptors (Lipinski definition) is 2. The van der Waals surface area contributed by atoms with Gasteiger partial charge in [-0.2, -0.15) is 0 Å². The second kappa shape index (κ2) is 5.13. The van der Waals surface area contributed by atoms with E-state index in [1.54, 1.807) is 0 Å². The Bertz CT molecular complexity index is 142. The van der Waals surface area contributed by atoms with E-state index in [4.69, 9.17) is 0 Å². The summed E-state index contributed by atoms with van der Waals surface area (Å²) in [6.07, 6.45) is 10.2. The number of rotatable bonds is 2. The Kier molecular flexibility index (Phi) is 3.82. The van der Waals surface area contributed by atoms with Crippen LogP contribution in [0.1, 0.15) is 51.4 Å². The van der Waals surface area contributed by atoms with Gasteiger partial charge in [-0.1, -0.05) is 25.7 Å². The molecule has 0 amide bonds. The highest BCUT2D eigenvalue weighted by molar-refractivity contribution is 4.85. The van der Waals surface area contributed by atoms with Crippen LogP contribution >= 0.6 is 0 Å². The molecule has 2 aliphatic rings. The van der Waals surface area contributed by atoms with Gasteiger partial charge in [0.05, 0.1) is 6.10 Å². The van der Waals surface area contributed by atoms with E-state index in [0.29, 0.717) is 12.0 Å². The van der Waals surface area contributed by atoms with Crippen molar-refractivity contribution in [2.75, 3.05) is 6.54 Å². The lowest BCUT2D eigenvalue weighted by molar-refractivity contribution is 0.0414. The Morgan fingerprint density at radius 1 is 0.929 bits per heavy atom. The van der Waals surface area contributed by atoms with Crippen LogP contribution in [0.25, 0.3) is 0 Å². The van der Waals surface area contributed by atoms with E-state index < -0.39 is 0 Å². The SMILES string of the molecule is O[C@H](C1CCCCC1)[C@H]1CCCCN1. The molecule has 2 fully saturated rings. The highest BCUT2D eigenvalue weighted by Crippen LogP contribution is 2.29. The summed E-state index contributed by atoms with van der Waals surface area (Å²) in [6, 6.07) is 0.395. The van der Waals surface area contributed by atoms with Gasteiger partial charge in [0.2, 0.25) is 0 Å². The van der Waals surface area contributed by atoms with Crippen molar-refractivity contribution < 1.29 is 5.11 Å². The largest absolute Gasteiger partial charge is 0.391 e. The minimum absolute atomic E-state index is 0.0735. The molecule has 2 atom stereocenters. The molecule has 0 aromatic heterocycles. The van der Waals surface area contributed by atoms with Gasteiger partial charge in [-0.05, 0) is 38.1 Å². The predicted molar refractivity (Wildman–Crippen MR) is 58.2 cm³/mol. The third-order valence-corrected chi connectivity index (χ3v) is 3.89. The van der Waals surface area contributed by atoms with Crippen molar-refractivity contribution in [1.82, 2.24) is 5.32 Å². The summed E-state index contributed by atoms with van der Waals surface area (Å²) in [5.41, 5.74) is 0. The van der Waals surface area contributed by atoms with E-state index in [2.05, 4.69) is 5.32 Å². The van der Waals surface area contributed by atoms with Gasteiger partial charge in [0.1, 0.15) is 0 Å². The summed E-state index contributed by atoms with van der Waals surface area (Å²) in [5.74, 6) is 0.583. The quantitative estimate of drug-likeness (QED) is 0.710. The van der Waals surface area contributed by atoms with Gasteiger partial charge in [0.25, 0.3) is 0 Å². The van der Waals surface area contributed by atoms with Crippen LogP contribution in [0.5, 0.6) is 0 Å². The molecule has 14 heavy (non-hydrogen) atoms. The van der Waals surface area contributed by atoms with Gasteiger partial charge >= 0.3 is 0 Å². The fourth-order valence-electron chi connectivity index (χ4n) is 2.97. The molecule has 0 spiro atoms. The molecule has 0 aromatic rings. The lowest BCUT2D eigenvalue weighted by Gasteiger charge is -2.34. The van der Waals surface area contributed by atoms with Gasteiger partial charge in [-0.3, -0.25) is 0 Å². The van der Waals surface area contributed by atoms with Crippen molar-refractivity contribution in [3.63, 3.8) is 0 Å². The Labute approximate surface area is 87.1 Å². The minimum atomic E-state index is -0.0735. The van der Waals surface area contributed by atoms with E-state index in [0.717, 1.165) is 6.54 Å². The average Bonchev–Trinajstić information content (AvgIpc) is 2.30. The summed E-state index contributed by atoms with van der Waals surface area (Å²) >= 11 is 0. The first-order valence-electron chi connectivity index (χ1n) is 6.29. The summed E-state index contributed by atoms with van der Waals surface area (Å²) in [4.78, 5) is 0. The zero-order chi connectivity index (χ0) is 9.80. The molecule has 1 aliphatic heterocycles. The lowest BCUT2D eigenvalue weighted by atomic mass is 9.81. The second-order valence-corrected chi connectivity index (χ2v) is 4.95. The number of nitrogens with one attached hydrogen (secondary N) is 1. The second-order valence-electron chi connectivity index (χ2n) is 4.95. The molecule has 0 unspecified atom stereocenters. The smallest absolute Gasteiger partial charge is 0.0721 e. The maximum absolute atomic E-state index is 10.2. The zero-order valence-corrected chi connectivity index (χ0v) is 9.04. The Hall–Kier alpha value is -0.0800. The van der Waals surface area contributed by atoms with Gasteiger partial charge in [0.15, 0.2) is 0 Å². The highest BCUT2D eigenvalue weighted by atomic mass is 16.3. The minimum Gasteiger partial charge on any atom is -0.391 e. The van der Waals surface area contributed by atoms with Crippen LogP contribution in [0, 0.1) is 5.92 Å². The van der Waals surface area contributed by atoms with Gasteiger partial charge < -0.3 is 10.4 Å². The molecule has 2 N–H and O–H groups in total. The lowest BCUT2D eigenvalue weighted by Crippen LogP contribution is -2.46. The van der Waals surface area contributed by atoms with Gasteiger partial charge in [-0.25, -0.2) is 0 Å². The van der Waals surface area contributed by atoms with Crippen molar-refractivity contribution in [2.45, 2.75) is 63.5 Å². The normalized spacial score (nSPS) is 32.8. The fraction of sp³-hybridized carbons (Fsp3) is 1.00. The van der Waals surface area contributed by atoms with Crippen molar-refractivity contribution >= 4 is 0 Å². The molecule has 1 saturated heterocycles. The molecule has 2 heteroatoms. The van der Waals surface area contributed by atoms with Crippen molar-refractivity contribution in [2.24, 2.45) is 5.92 Å². The molecular formula is C12H23NO. The third kappa shape index (κ3) is 2.48. The van der Waals surface area contributed by atoms with E-state index in [9.17, 15) is 5.11 Å². The van der Waals surface area contributed by atoms with E-state index in [-0.39, 0.29) is 6.10 Å². The van der Waals surface area contributed by atoms with E-state index in [1.807, 2.05) is 0 Å².